The molecular weight excluding hydrogens is 247 g/mol. The van der Waals surface area contributed by atoms with E-state index in [9.17, 15) is 18.0 Å². The quantitative estimate of drug-likeness (QED) is 0.777. The van der Waals surface area contributed by atoms with Gasteiger partial charge in [0.05, 0.1) is 16.7 Å². The van der Waals surface area contributed by atoms with Gasteiger partial charge >= 0.3 is 6.18 Å². The lowest BCUT2D eigenvalue weighted by atomic mass is 9.94. The second kappa shape index (κ2) is 3.90. The molecule has 0 bridgehead atoms. The third-order valence-corrected chi connectivity index (χ3v) is 2.76. The molecule has 0 fully saturated rings. The van der Waals surface area contributed by atoms with E-state index in [-0.39, 0.29) is 24.0 Å². The first-order chi connectivity index (χ1) is 8.22. The van der Waals surface area contributed by atoms with Crippen LogP contribution in [0.1, 0.15) is 19.4 Å². The first-order valence-corrected chi connectivity index (χ1v) is 5.36. The molecule has 0 saturated carbocycles. The fourth-order valence-corrected chi connectivity index (χ4v) is 1.62. The second-order valence-electron chi connectivity index (χ2n) is 4.81. The summed E-state index contributed by atoms with van der Waals surface area (Å²) in [5.41, 5.74) is -1.69. The van der Waals surface area contributed by atoms with Gasteiger partial charge in [0.2, 0.25) is 5.91 Å². The largest absolute Gasteiger partial charge is 0.490 e. The normalized spacial score (nSPS) is 18.4. The Hall–Kier alpha value is -1.72. The summed E-state index contributed by atoms with van der Waals surface area (Å²) in [5, 5.41) is 2.46. The molecule has 98 valence electrons. The zero-order chi connectivity index (χ0) is 13.6. The van der Waals surface area contributed by atoms with Crippen LogP contribution in [0.4, 0.5) is 18.9 Å². The third kappa shape index (κ3) is 2.14. The topological polar surface area (TPSA) is 38.3 Å². The number of benzene rings is 1. The Kier molecular flexibility index (Phi) is 2.76. The van der Waals surface area contributed by atoms with Crippen molar-refractivity contribution in [1.29, 1.82) is 0 Å². The van der Waals surface area contributed by atoms with Gasteiger partial charge in [-0.25, -0.2) is 0 Å². The number of fused-ring (bicyclic) bond motifs is 1. The van der Waals surface area contributed by atoms with E-state index in [0.717, 1.165) is 6.07 Å². The number of anilines is 1. The van der Waals surface area contributed by atoms with Crippen LogP contribution in [0.15, 0.2) is 18.2 Å². The summed E-state index contributed by atoms with van der Waals surface area (Å²) in [6, 6.07) is 3.57. The van der Waals surface area contributed by atoms with Crippen LogP contribution in [0.2, 0.25) is 0 Å². The fourth-order valence-electron chi connectivity index (χ4n) is 1.62. The van der Waals surface area contributed by atoms with E-state index in [1.54, 1.807) is 13.8 Å². The monoisotopic (exact) mass is 259 g/mol. The number of rotatable bonds is 0. The number of amides is 1. The lowest BCUT2D eigenvalue weighted by Gasteiger charge is -2.19. The van der Waals surface area contributed by atoms with Crippen LogP contribution in [0.5, 0.6) is 5.75 Å². The van der Waals surface area contributed by atoms with Gasteiger partial charge in [0, 0.05) is 0 Å². The highest BCUT2D eigenvalue weighted by Gasteiger charge is 2.39. The summed E-state index contributed by atoms with van der Waals surface area (Å²) in [7, 11) is 0. The number of hydrogen-bond acceptors (Lipinski definition) is 2. The van der Waals surface area contributed by atoms with Crippen LogP contribution in [0, 0.1) is 5.41 Å². The van der Waals surface area contributed by atoms with Crippen LogP contribution in [-0.4, -0.2) is 12.5 Å². The highest BCUT2D eigenvalue weighted by Crippen LogP contribution is 2.42. The van der Waals surface area contributed by atoms with Crippen molar-refractivity contribution in [3.8, 4) is 5.75 Å². The molecule has 1 N–H and O–H groups in total. The van der Waals surface area contributed by atoms with Crippen LogP contribution >= 0.6 is 0 Å². The van der Waals surface area contributed by atoms with E-state index in [0.29, 0.717) is 0 Å². The highest BCUT2D eigenvalue weighted by atomic mass is 19.4. The van der Waals surface area contributed by atoms with E-state index < -0.39 is 17.2 Å². The molecular formula is C12H12F3NO2. The van der Waals surface area contributed by atoms with Gasteiger partial charge in [-0.2, -0.15) is 13.2 Å². The van der Waals surface area contributed by atoms with Gasteiger partial charge < -0.3 is 10.1 Å². The molecule has 1 amide bonds. The molecule has 0 spiro atoms. The van der Waals surface area contributed by atoms with Crippen molar-refractivity contribution in [3.05, 3.63) is 23.8 Å². The SMILES string of the molecule is CC1(C)COc2c(cccc2C(F)(F)F)NC1=O. The summed E-state index contributed by atoms with van der Waals surface area (Å²) >= 11 is 0. The Balaban J connectivity index is 2.51. The van der Waals surface area contributed by atoms with Crippen LogP contribution in [0.25, 0.3) is 0 Å². The first-order valence-electron chi connectivity index (χ1n) is 5.36. The number of halogens is 3. The van der Waals surface area contributed by atoms with Gasteiger partial charge in [-0.1, -0.05) is 6.07 Å². The van der Waals surface area contributed by atoms with Gasteiger partial charge in [-0.05, 0) is 26.0 Å². The maximum atomic E-state index is 12.8. The van der Waals surface area contributed by atoms with Crippen molar-refractivity contribution >= 4 is 11.6 Å². The molecule has 1 heterocycles. The molecule has 18 heavy (non-hydrogen) atoms. The van der Waals surface area contributed by atoms with Crippen LogP contribution in [-0.2, 0) is 11.0 Å². The molecule has 0 atom stereocenters. The van der Waals surface area contributed by atoms with Crippen LogP contribution in [0.3, 0.4) is 0 Å². The van der Waals surface area contributed by atoms with Crippen molar-refractivity contribution in [2.24, 2.45) is 5.41 Å². The predicted octanol–water partition coefficient (Wildman–Crippen LogP) is 3.06. The van der Waals surface area contributed by atoms with Crippen molar-refractivity contribution in [1.82, 2.24) is 0 Å². The van der Waals surface area contributed by atoms with Gasteiger partial charge in [0.25, 0.3) is 0 Å². The maximum Gasteiger partial charge on any atom is 0.420 e. The van der Waals surface area contributed by atoms with E-state index in [2.05, 4.69) is 5.32 Å². The minimum atomic E-state index is -4.51. The zero-order valence-corrected chi connectivity index (χ0v) is 9.89. The van der Waals surface area contributed by atoms with Crippen LogP contribution < -0.4 is 10.1 Å². The van der Waals surface area contributed by atoms with Gasteiger partial charge in [-0.3, -0.25) is 4.79 Å². The molecule has 1 aliphatic rings. The van der Waals surface area contributed by atoms with Gasteiger partial charge in [-0.15, -0.1) is 0 Å². The van der Waals surface area contributed by atoms with Crippen molar-refractivity contribution in [2.75, 3.05) is 11.9 Å². The number of carbonyl (C=O) groups excluding carboxylic acids is 1. The van der Waals surface area contributed by atoms with E-state index in [4.69, 9.17) is 4.74 Å². The summed E-state index contributed by atoms with van der Waals surface area (Å²) in [6.07, 6.45) is -4.51. The molecule has 1 aromatic rings. The Morgan fingerprint density at radius 2 is 2.00 bits per heavy atom. The Bertz CT molecular complexity index is 495. The standard InChI is InChI=1S/C12H12F3NO2/c1-11(2)6-18-9-7(12(13,14)15)4-3-5-8(9)16-10(11)17/h3-5H,6H2,1-2H3,(H,16,17). The molecule has 0 aromatic heterocycles. The van der Waals surface area contributed by atoms with Crippen molar-refractivity contribution in [2.45, 2.75) is 20.0 Å². The lowest BCUT2D eigenvalue weighted by Crippen LogP contribution is -2.33. The van der Waals surface area contributed by atoms with Gasteiger partial charge in [0.1, 0.15) is 6.61 Å². The molecule has 0 unspecified atom stereocenters. The summed E-state index contributed by atoms with van der Waals surface area (Å²) in [5.74, 6) is -0.676. The molecule has 0 radical (unpaired) electrons. The molecule has 1 aromatic carbocycles. The first kappa shape index (κ1) is 12.7. The minimum absolute atomic E-state index is 0.0559. The summed E-state index contributed by atoms with van der Waals surface area (Å²) in [6.45, 7) is 3.13. The number of hydrogen-bond donors (Lipinski definition) is 1. The van der Waals surface area contributed by atoms with E-state index >= 15 is 0 Å². The molecule has 1 aliphatic heterocycles. The number of nitrogens with one attached hydrogen (secondary N) is 1. The Labute approximate surface area is 102 Å². The molecule has 6 heteroatoms. The van der Waals surface area contributed by atoms with Gasteiger partial charge in [0.15, 0.2) is 5.75 Å². The fraction of sp³-hybridized carbons (Fsp3) is 0.417. The Morgan fingerprint density at radius 1 is 1.33 bits per heavy atom. The third-order valence-electron chi connectivity index (χ3n) is 2.76. The summed E-state index contributed by atoms with van der Waals surface area (Å²) in [4.78, 5) is 11.8. The zero-order valence-electron chi connectivity index (χ0n) is 9.89. The molecule has 0 saturated heterocycles. The average Bonchev–Trinajstić information content (AvgIpc) is 2.35. The maximum absolute atomic E-state index is 12.8. The summed E-state index contributed by atoms with van der Waals surface area (Å²) < 4.78 is 43.6. The minimum Gasteiger partial charge on any atom is -0.490 e. The number of alkyl halides is 3. The lowest BCUT2D eigenvalue weighted by molar-refractivity contribution is -0.139. The second-order valence-corrected chi connectivity index (χ2v) is 4.81. The molecule has 0 aliphatic carbocycles. The number of para-hydroxylation sites is 1. The van der Waals surface area contributed by atoms with Crippen molar-refractivity contribution in [3.63, 3.8) is 0 Å². The average molecular weight is 259 g/mol. The predicted molar refractivity (Wildman–Crippen MR) is 59.3 cm³/mol. The number of ether oxygens (including phenoxy) is 1. The van der Waals surface area contributed by atoms with E-state index in [1.807, 2.05) is 0 Å². The molecule has 3 nitrogen and oxygen atoms in total. The smallest absolute Gasteiger partial charge is 0.420 e. The molecule has 2 rings (SSSR count). The van der Waals surface area contributed by atoms with E-state index in [1.165, 1.54) is 12.1 Å². The number of carbonyl (C=O) groups is 1. The Morgan fingerprint density at radius 3 is 2.61 bits per heavy atom. The van der Waals surface area contributed by atoms with Crippen molar-refractivity contribution < 1.29 is 22.7 Å². The highest BCUT2D eigenvalue weighted by molar-refractivity contribution is 5.97.